The molecule has 1 aromatic heterocycles. The third-order valence-electron chi connectivity index (χ3n) is 7.66. The van der Waals surface area contributed by atoms with Gasteiger partial charge in [-0.1, -0.05) is 0 Å². The van der Waals surface area contributed by atoms with Crippen LogP contribution < -0.4 is 4.74 Å². The number of hydrogen-bond acceptors (Lipinski definition) is 6. The molecule has 1 saturated heterocycles. The average Bonchev–Trinajstić information content (AvgIpc) is 2.90. The number of rotatable bonds is 11. The molecule has 0 saturated carbocycles. The Bertz CT molecular complexity index is 1330. The molecular weight excluding hydrogens is 529 g/mol. The number of aryl methyl sites for hydroxylation is 1. The molecule has 4 rings (SSSR count). The predicted molar refractivity (Wildman–Crippen MR) is 145 cm³/mol. The summed E-state index contributed by atoms with van der Waals surface area (Å²) in [5.41, 5.74) is 1.93. The molecule has 3 aromatic rings. The van der Waals surface area contributed by atoms with Crippen molar-refractivity contribution >= 4 is 28.6 Å². The molecule has 1 aliphatic heterocycles. The smallest absolute Gasteiger partial charge is 0.303 e. The highest BCUT2D eigenvalue weighted by Gasteiger charge is 2.37. The van der Waals surface area contributed by atoms with Crippen LogP contribution in [0.5, 0.6) is 5.75 Å². The Morgan fingerprint density at radius 2 is 1.95 bits per heavy atom. The number of carboxylic acid groups (broad SMARTS) is 1. The number of ether oxygens (including phenoxy) is 1. The van der Waals surface area contributed by atoms with Gasteiger partial charge in [-0.3, -0.25) is 9.78 Å². The predicted octanol–water partition coefficient (Wildman–Crippen LogP) is 6.13. The zero-order valence-corrected chi connectivity index (χ0v) is 22.9. The van der Waals surface area contributed by atoms with Crippen molar-refractivity contribution in [3.63, 3.8) is 0 Å². The molecule has 1 atom stereocenters. The van der Waals surface area contributed by atoms with E-state index in [1.807, 2.05) is 25.1 Å². The first-order chi connectivity index (χ1) is 18.6. The van der Waals surface area contributed by atoms with Crippen LogP contribution in [0, 0.1) is 29.8 Å². The maximum Gasteiger partial charge on any atom is 0.303 e. The number of fused-ring (bicyclic) bond motifs is 1. The number of methoxy groups -OCH3 is 1. The summed E-state index contributed by atoms with van der Waals surface area (Å²) in [5.74, 6) is -2.82. The van der Waals surface area contributed by atoms with Crippen molar-refractivity contribution in [2.45, 2.75) is 50.0 Å². The number of carbonyl (C=O) groups is 1. The Hall–Kier alpha value is -2.82. The number of pyridine rings is 1. The van der Waals surface area contributed by atoms with Gasteiger partial charge < -0.3 is 19.8 Å². The number of aliphatic hydroxyl groups is 1. The number of halogens is 3. The van der Waals surface area contributed by atoms with E-state index in [0.717, 1.165) is 39.9 Å². The summed E-state index contributed by atoms with van der Waals surface area (Å²) in [6.45, 7) is 3.78. The lowest BCUT2D eigenvalue weighted by Gasteiger charge is -2.41. The van der Waals surface area contributed by atoms with Crippen LogP contribution in [0.15, 0.2) is 41.4 Å². The van der Waals surface area contributed by atoms with Gasteiger partial charge in [0.15, 0.2) is 11.6 Å². The van der Waals surface area contributed by atoms with Crippen LogP contribution in [0.1, 0.15) is 49.3 Å². The van der Waals surface area contributed by atoms with Crippen molar-refractivity contribution in [2.24, 2.45) is 5.41 Å². The normalized spacial score (nSPS) is 16.4. The van der Waals surface area contributed by atoms with E-state index in [0.29, 0.717) is 62.9 Å². The number of nitrogens with zero attached hydrogens (tertiary/aromatic N) is 2. The summed E-state index contributed by atoms with van der Waals surface area (Å²) in [6.07, 6.45) is 3.20. The Balaban J connectivity index is 1.39. The fraction of sp³-hybridized carbons (Fsp3) is 0.448. The molecule has 2 N–H and O–H groups in total. The molecule has 0 unspecified atom stereocenters. The van der Waals surface area contributed by atoms with E-state index in [1.54, 1.807) is 13.3 Å². The first kappa shape index (κ1) is 29.2. The molecule has 2 heterocycles. The second kappa shape index (κ2) is 12.6. The molecule has 6 nitrogen and oxygen atoms in total. The Morgan fingerprint density at radius 1 is 1.21 bits per heavy atom. The lowest BCUT2D eigenvalue weighted by atomic mass is 9.71. The van der Waals surface area contributed by atoms with Gasteiger partial charge >= 0.3 is 5.97 Å². The largest absolute Gasteiger partial charge is 0.497 e. The summed E-state index contributed by atoms with van der Waals surface area (Å²) < 4.78 is 46.2. The summed E-state index contributed by atoms with van der Waals surface area (Å²) >= 11 is 1.06. The van der Waals surface area contributed by atoms with Crippen LogP contribution in [0.3, 0.4) is 0 Å². The van der Waals surface area contributed by atoms with Crippen LogP contribution in [-0.2, 0) is 4.79 Å². The summed E-state index contributed by atoms with van der Waals surface area (Å²) in [6, 6.07) is 7.05. The first-order valence-electron chi connectivity index (χ1n) is 12.9. The van der Waals surface area contributed by atoms with Gasteiger partial charge in [0.05, 0.1) is 25.2 Å². The highest BCUT2D eigenvalue weighted by molar-refractivity contribution is 7.99. The minimum atomic E-state index is -1.20. The highest BCUT2D eigenvalue weighted by Crippen LogP contribution is 2.42. The van der Waals surface area contributed by atoms with E-state index in [4.69, 9.17) is 4.74 Å². The van der Waals surface area contributed by atoms with E-state index in [1.165, 1.54) is 0 Å². The monoisotopic (exact) mass is 562 g/mol. The number of thioether (sulfide) groups is 1. The third-order valence-corrected chi connectivity index (χ3v) is 8.66. The molecule has 1 fully saturated rings. The van der Waals surface area contributed by atoms with Gasteiger partial charge in [-0.25, -0.2) is 13.2 Å². The van der Waals surface area contributed by atoms with Gasteiger partial charge in [0.1, 0.15) is 11.6 Å². The summed E-state index contributed by atoms with van der Waals surface area (Å²) in [7, 11) is 1.58. The average molecular weight is 563 g/mol. The van der Waals surface area contributed by atoms with Crippen LogP contribution in [0.4, 0.5) is 13.2 Å². The quantitative estimate of drug-likeness (QED) is 0.215. The number of likely N-dealkylation sites (tertiary alicyclic amines) is 1. The molecular formula is C29H33F3N2O4S. The molecule has 10 heteroatoms. The standard InChI is InChI=1S/C29H33F3N2O4S/c1-18-17-33-23-4-3-20(38-2)15-21(23)27(18)24(35)5-6-29(16-26(36)37)7-9-34(10-8-29)11-12-39-25-14-19(30)13-22(31)28(25)32/h3-4,13-15,17,24,35H,5-12,16H2,1-2H3,(H,36,37)/t24-/m1/s1. The number of benzene rings is 2. The third kappa shape index (κ3) is 7.04. The molecule has 210 valence electrons. The zero-order valence-electron chi connectivity index (χ0n) is 22.1. The van der Waals surface area contributed by atoms with Gasteiger partial charge in [-0.2, -0.15) is 0 Å². The number of hydrogen-bond donors (Lipinski definition) is 2. The number of aliphatic hydroxyl groups excluding tert-OH is 1. The first-order valence-corrected chi connectivity index (χ1v) is 13.9. The van der Waals surface area contributed by atoms with E-state index >= 15 is 0 Å². The molecule has 1 aliphatic rings. The van der Waals surface area contributed by atoms with E-state index < -0.39 is 34.9 Å². The van der Waals surface area contributed by atoms with Gasteiger partial charge in [0, 0.05) is 34.8 Å². The SMILES string of the molecule is COc1ccc2ncc(C)c([C@H](O)CCC3(CC(=O)O)CCN(CCSc4cc(F)cc(F)c4F)CC3)c2c1. The van der Waals surface area contributed by atoms with E-state index in [9.17, 15) is 28.2 Å². The number of aromatic nitrogens is 1. The van der Waals surface area contributed by atoms with E-state index in [-0.39, 0.29) is 11.3 Å². The van der Waals surface area contributed by atoms with E-state index in [2.05, 4.69) is 9.88 Å². The maximum atomic E-state index is 13.9. The molecule has 0 amide bonds. The minimum Gasteiger partial charge on any atom is -0.497 e. The van der Waals surface area contributed by atoms with Crippen LogP contribution >= 0.6 is 11.8 Å². The Morgan fingerprint density at radius 3 is 2.64 bits per heavy atom. The van der Waals surface area contributed by atoms with Crippen LogP contribution in [-0.4, -0.2) is 58.6 Å². The Labute approximate surface area is 230 Å². The van der Waals surface area contributed by atoms with Crippen molar-refractivity contribution in [3.8, 4) is 5.75 Å². The fourth-order valence-corrected chi connectivity index (χ4v) is 6.45. The van der Waals surface area contributed by atoms with Crippen molar-refractivity contribution in [3.05, 3.63) is 65.1 Å². The number of aliphatic carboxylic acids is 1. The van der Waals surface area contributed by atoms with Gasteiger partial charge in [-0.15, -0.1) is 11.8 Å². The van der Waals surface area contributed by atoms with Crippen molar-refractivity contribution in [2.75, 3.05) is 32.5 Å². The number of carboxylic acids is 1. The molecule has 0 radical (unpaired) electrons. The highest BCUT2D eigenvalue weighted by atomic mass is 32.2. The molecule has 0 spiro atoms. The fourth-order valence-electron chi connectivity index (χ4n) is 5.46. The number of piperidine rings is 1. The lowest BCUT2D eigenvalue weighted by Crippen LogP contribution is -2.42. The molecule has 0 bridgehead atoms. The summed E-state index contributed by atoms with van der Waals surface area (Å²) in [4.78, 5) is 18.3. The van der Waals surface area contributed by atoms with Crippen molar-refractivity contribution in [1.82, 2.24) is 9.88 Å². The zero-order chi connectivity index (χ0) is 28.2. The molecule has 0 aliphatic carbocycles. The molecule has 39 heavy (non-hydrogen) atoms. The topological polar surface area (TPSA) is 82.9 Å². The Kier molecular flexibility index (Phi) is 9.40. The van der Waals surface area contributed by atoms with Crippen molar-refractivity contribution in [1.29, 1.82) is 0 Å². The lowest BCUT2D eigenvalue weighted by molar-refractivity contribution is -0.141. The van der Waals surface area contributed by atoms with Gasteiger partial charge in [0.2, 0.25) is 0 Å². The minimum absolute atomic E-state index is 0.0139. The summed E-state index contributed by atoms with van der Waals surface area (Å²) in [5, 5.41) is 21.7. The van der Waals surface area contributed by atoms with Gasteiger partial charge in [0.25, 0.3) is 0 Å². The van der Waals surface area contributed by atoms with Crippen LogP contribution in [0.2, 0.25) is 0 Å². The van der Waals surface area contributed by atoms with Crippen LogP contribution in [0.25, 0.3) is 10.9 Å². The second-order valence-corrected chi connectivity index (χ2v) is 11.4. The van der Waals surface area contributed by atoms with Gasteiger partial charge in [-0.05, 0) is 86.5 Å². The molecule has 2 aromatic carbocycles. The van der Waals surface area contributed by atoms with Crippen molar-refractivity contribution < 1.29 is 32.9 Å². The maximum absolute atomic E-state index is 13.9. The second-order valence-electron chi connectivity index (χ2n) is 10.3.